The second kappa shape index (κ2) is 5.32. The van der Waals surface area contributed by atoms with Crippen LogP contribution in [0, 0.1) is 22.7 Å². The summed E-state index contributed by atoms with van der Waals surface area (Å²) in [4.78, 5) is 0. The predicted octanol–water partition coefficient (Wildman–Crippen LogP) is 4.73. The van der Waals surface area contributed by atoms with Crippen molar-refractivity contribution in [3.63, 3.8) is 0 Å². The van der Waals surface area contributed by atoms with E-state index >= 15 is 0 Å². The van der Waals surface area contributed by atoms with Gasteiger partial charge in [0.2, 0.25) is 5.76 Å². The van der Waals surface area contributed by atoms with Crippen molar-refractivity contribution in [3.05, 3.63) is 58.3 Å². The van der Waals surface area contributed by atoms with Gasteiger partial charge in [0.25, 0.3) is 0 Å². The molecule has 0 saturated heterocycles. The minimum absolute atomic E-state index is 0.0834. The van der Waals surface area contributed by atoms with Gasteiger partial charge in [0.15, 0.2) is 5.75 Å². The van der Waals surface area contributed by atoms with Crippen LogP contribution in [0.5, 0.6) is 11.5 Å². The van der Waals surface area contributed by atoms with Crippen LogP contribution in [-0.4, -0.2) is 0 Å². The topological polar surface area (TPSA) is 69.9 Å². The highest BCUT2D eigenvalue weighted by molar-refractivity contribution is 9.10. The van der Waals surface area contributed by atoms with Gasteiger partial charge in [-0.2, -0.15) is 10.5 Å². The SMILES string of the molecule is N#Cc1oc2ccccc2c1Oc1cccc(Br)c1C#N. The van der Waals surface area contributed by atoms with Crippen molar-refractivity contribution in [2.45, 2.75) is 0 Å². The highest BCUT2D eigenvalue weighted by Crippen LogP contribution is 2.38. The molecule has 0 aliphatic rings. The number of hydrogen-bond acceptors (Lipinski definition) is 4. The third-order valence-corrected chi connectivity index (χ3v) is 3.61. The molecule has 5 heteroatoms. The van der Waals surface area contributed by atoms with Gasteiger partial charge in [-0.25, -0.2) is 0 Å². The molecule has 0 saturated carbocycles. The summed E-state index contributed by atoms with van der Waals surface area (Å²) in [6, 6.07) is 16.4. The maximum absolute atomic E-state index is 9.22. The van der Waals surface area contributed by atoms with Gasteiger partial charge >= 0.3 is 0 Å². The number of ether oxygens (including phenoxy) is 1. The van der Waals surface area contributed by atoms with Gasteiger partial charge in [-0.1, -0.05) is 18.2 Å². The molecule has 0 aliphatic heterocycles. The molecule has 0 N–H and O–H groups in total. The Bertz CT molecular complexity index is 916. The number of hydrogen-bond donors (Lipinski definition) is 0. The molecular weight excluding hydrogens is 332 g/mol. The number of fused-ring (bicyclic) bond motifs is 1. The molecule has 1 aromatic heterocycles. The van der Waals surface area contributed by atoms with Crippen LogP contribution in [-0.2, 0) is 0 Å². The second-order valence-corrected chi connectivity index (χ2v) is 5.05. The Balaban J connectivity index is 2.18. The summed E-state index contributed by atoms with van der Waals surface area (Å²) >= 11 is 3.31. The fourth-order valence-electron chi connectivity index (χ4n) is 2.00. The predicted molar refractivity (Wildman–Crippen MR) is 79.9 cm³/mol. The lowest BCUT2D eigenvalue weighted by atomic mass is 10.2. The third-order valence-electron chi connectivity index (χ3n) is 2.95. The standard InChI is InChI=1S/C16H7BrN2O2/c17-12-5-3-7-14(11(12)8-18)21-16-10-4-1-2-6-13(10)20-15(16)9-19/h1-7H. The van der Waals surface area contributed by atoms with Crippen LogP contribution in [0.15, 0.2) is 51.4 Å². The first kappa shape index (κ1) is 13.2. The van der Waals surface area contributed by atoms with Crippen LogP contribution in [0.3, 0.4) is 0 Å². The molecule has 3 aromatic rings. The molecule has 0 spiro atoms. The van der Waals surface area contributed by atoms with E-state index in [1.54, 1.807) is 30.3 Å². The van der Waals surface area contributed by atoms with Crippen LogP contribution in [0.4, 0.5) is 0 Å². The molecule has 0 fully saturated rings. The van der Waals surface area contributed by atoms with Gasteiger partial charge in [0, 0.05) is 4.47 Å². The van der Waals surface area contributed by atoms with Gasteiger partial charge in [-0.3, -0.25) is 0 Å². The molecule has 21 heavy (non-hydrogen) atoms. The smallest absolute Gasteiger partial charge is 0.247 e. The van der Waals surface area contributed by atoms with Crippen LogP contribution in [0.1, 0.15) is 11.3 Å². The first-order valence-corrected chi connectivity index (χ1v) is 6.82. The molecule has 0 unspecified atom stereocenters. The quantitative estimate of drug-likeness (QED) is 0.677. The van der Waals surface area contributed by atoms with Gasteiger partial charge in [-0.05, 0) is 40.2 Å². The number of nitrogens with zero attached hydrogens (tertiary/aromatic N) is 2. The first-order valence-electron chi connectivity index (χ1n) is 6.02. The molecule has 0 radical (unpaired) electrons. The van der Waals surface area contributed by atoms with Gasteiger partial charge in [-0.15, -0.1) is 0 Å². The highest BCUT2D eigenvalue weighted by Gasteiger charge is 2.18. The van der Waals surface area contributed by atoms with Crippen molar-refractivity contribution in [1.82, 2.24) is 0 Å². The van der Waals surface area contributed by atoms with E-state index in [2.05, 4.69) is 22.0 Å². The Morgan fingerprint density at radius 3 is 2.57 bits per heavy atom. The zero-order valence-corrected chi connectivity index (χ0v) is 12.2. The number of rotatable bonds is 2. The highest BCUT2D eigenvalue weighted by atomic mass is 79.9. The number of nitriles is 2. The molecule has 0 amide bonds. The van der Waals surface area contributed by atoms with E-state index in [0.29, 0.717) is 32.5 Å². The van der Waals surface area contributed by atoms with Gasteiger partial charge in [0.05, 0.1) is 5.39 Å². The molecule has 0 aliphatic carbocycles. The van der Waals surface area contributed by atoms with E-state index in [-0.39, 0.29) is 5.76 Å². The van der Waals surface area contributed by atoms with Crippen molar-refractivity contribution in [2.24, 2.45) is 0 Å². The van der Waals surface area contributed by atoms with E-state index in [9.17, 15) is 10.5 Å². The Morgan fingerprint density at radius 2 is 1.81 bits per heavy atom. The summed E-state index contributed by atoms with van der Waals surface area (Å²) in [5.41, 5.74) is 0.934. The number of furan rings is 1. The molecule has 3 rings (SSSR count). The van der Waals surface area contributed by atoms with Crippen molar-refractivity contribution in [2.75, 3.05) is 0 Å². The van der Waals surface area contributed by atoms with Gasteiger partial charge in [0.1, 0.15) is 29.0 Å². The maximum Gasteiger partial charge on any atom is 0.247 e. The lowest BCUT2D eigenvalue weighted by molar-refractivity contribution is 0.465. The van der Waals surface area contributed by atoms with Crippen LogP contribution in [0.25, 0.3) is 11.0 Å². The summed E-state index contributed by atoms with van der Waals surface area (Å²) in [5.74, 6) is 0.776. The Labute approximate surface area is 128 Å². The minimum Gasteiger partial charge on any atom is -0.450 e. The molecule has 0 atom stereocenters. The van der Waals surface area contributed by atoms with Crippen LogP contribution >= 0.6 is 15.9 Å². The van der Waals surface area contributed by atoms with Crippen molar-refractivity contribution in [3.8, 4) is 23.6 Å². The molecule has 1 heterocycles. The summed E-state index contributed by atoms with van der Waals surface area (Å²) < 4.78 is 11.9. The average Bonchev–Trinajstić information content (AvgIpc) is 2.86. The summed E-state index contributed by atoms with van der Waals surface area (Å²) in [6.07, 6.45) is 0. The monoisotopic (exact) mass is 338 g/mol. The van der Waals surface area contributed by atoms with Crippen molar-refractivity contribution in [1.29, 1.82) is 10.5 Å². The summed E-state index contributed by atoms with van der Waals surface area (Å²) in [7, 11) is 0. The number of para-hydroxylation sites is 1. The Kier molecular flexibility index (Phi) is 3.35. The van der Waals surface area contributed by atoms with Crippen LogP contribution in [0.2, 0.25) is 0 Å². The summed E-state index contributed by atoms with van der Waals surface area (Å²) in [6.45, 7) is 0. The molecule has 100 valence electrons. The van der Waals surface area contributed by atoms with Crippen molar-refractivity contribution >= 4 is 26.9 Å². The molecule has 2 aromatic carbocycles. The van der Waals surface area contributed by atoms with E-state index in [0.717, 1.165) is 0 Å². The van der Waals surface area contributed by atoms with E-state index in [4.69, 9.17) is 9.15 Å². The maximum atomic E-state index is 9.22. The fourth-order valence-corrected chi connectivity index (χ4v) is 2.44. The van der Waals surface area contributed by atoms with E-state index in [1.165, 1.54) is 0 Å². The fraction of sp³-hybridized carbons (Fsp3) is 0. The third kappa shape index (κ3) is 2.24. The molecule has 4 nitrogen and oxygen atoms in total. The number of benzene rings is 2. The Hall–Kier alpha value is -2.76. The zero-order valence-electron chi connectivity index (χ0n) is 10.6. The Morgan fingerprint density at radius 1 is 1.00 bits per heavy atom. The lowest BCUT2D eigenvalue weighted by Gasteiger charge is -2.07. The number of halogens is 1. The normalized spacial score (nSPS) is 10.0. The summed E-state index contributed by atoms with van der Waals surface area (Å²) in [5, 5.41) is 19.1. The minimum atomic E-state index is 0.0834. The second-order valence-electron chi connectivity index (χ2n) is 4.20. The van der Waals surface area contributed by atoms with Crippen LogP contribution < -0.4 is 4.74 Å². The first-order chi connectivity index (χ1) is 10.2. The lowest BCUT2D eigenvalue weighted by Crippen LogP contribution is -1.90. The average molecular weight is 339 g/mol. The molecular formula is C16H7BrN2O2. The van der Waals surface area contributed by atoms with E-state index in [1.807, 2.05) is 18.2 Å². The van der Waals surface area contributed by atoms with Gasteiger partial charge < -0.3 is 9.15 Å². The van der Waals surface area contributed by atoms with Crippen molar-refractivity contribution < 1.29 is 9.15 Å². The van der Waals surface area contributed by atoms with E-state index < -0.39 is 0 Å². The molecule has 0 bridgehead atoms. The zero-order chi connectivity index (χ0) is 14.8. The largest absolute Gasteiger partial charge is 0.450 e.